The second-order valence-electron chi connectivity index (χ2n) is 5.26. The van der Waals surface area contributed by atoms with Crippen LogP contribution in [0.5, 0.6) is 0 Å². The van der Waals surface area contributed by atoms with Gasteiger partial charge in [-0.25, -0.2) is 14.8 Å². The van der Waals surface area contributed by atoms with Gasteiger partial charge in [-0.1, -0.05) is 0 Å². The van der Waals surface area contributed by atoms with E-state index in [9.17, 15) is 9.59 Å². The molecule has 24 heavy (non-hydrogen) atoms. The van der Waals surface area contributed by atoms with Crippen LogP contribution in [0.25, 0.3) is 11.0 Å². The Kier molecular flexibility index (Phi) is 4.51. The zero-order valence-corrected chi connectivity index (χ0v) is 13.1. The molecule has 0 aliphatic rings. The van der Waals surface area contributed by atoms with E-state index in [1.165, 1.54) is 6.07 Å². The van der Waals surface area contributed by atoms with Crippen molar-refractivity contribution in [2.75, 3.05) is 17.2 Å². The highest BCUT2D eigenvalue weighted by Gasteiger charge is 2.06. The molecule has 1 amide bonds. The lowest BCUT2D eigenvalue weighted by Crippen LogP contribution is -2.17. The van der Waals surface area contributed by atoms with Gasteiger partial charge in [0.1, 0.15) is 5.58 Å². The van der Waals surface area contributed by atoms with Crippen molar-refractivity contribution in [3.8, 4) is 0 Å². The topological polar surface area (TPSA) is 97.1 Å². The summed E-state index contributed by atoms with van der Waals surface area (Å²) in [6.07, 6.45) is 3.51. The van der Waals surface area contributed by atoms with Crippen LogP contribution in [-0.2, 0) is 4.79 Å². The largest absolute Gasteiger partial charge is 0.423 e. The molecule has 0 atom stereocenters. The quantitative estimate of drug-likeness (QED) is 0.699. The third-order valence-corrected chi connectivity index (χ3v) is 3.44. The monoisotopic (exact) mass is 324 g/mol. The maximum atomic E-state index is 12.0. The molecule has 1 aromatic carbocycles. The molecular formula is C17H16N4O3. The van der Waals surface area contributed by atoms with Crippen LogP contribution in [0.4, 0.5) is 11.6 Å². The van der Waals surface area contributed by atoms with Gasteiger partial charge < -0.3 is 15.1 Å². The average Bonchev–Trinajstić information content (AvgIpc) is 2.55. The van der Waals surface area contributed by atoms with Crippen molar-refractivity contribution in [2.24, 2.45) is 0 Å². The summed E-state index contributed by atoms with van der Waals surface area (Å²) in [5, 5.41) is 6.58. The van der Waals surface area contributed by atoms with Crippen LogP contribution in [0.2, 0.25) is 0 Å². The molecule has 2 N–H and O–H groups in total. The number of hydrogen-bond donors (Lipinski definition) is 2. The van der Waals surface area contributed by atoms with Crippen LogP contribution < -0.4 is 16.3 Å². The minimum absolute atomic E-state index is 0.159. The molecule has 0 aliphatic carbocycles. The Labute approximate surface area is 137 Å². The molecule has 0 spiro atoms. The smallest absolute Gasteiger partial charge is 0.336 e. The van der Waals surface area contributed by atoms with E-state index in [2.05, 4.69) is 20.6 Å². The van der Waals surface area contributed by atoms with Crippen molar-refractivity contribution in [2.45, 2.75) is 13.3 Å². The van der Waals surface area contributed by atoms with Crippen molar-refractivity contribution in [3.63, 3.8) is 0 Å². The number of rotatable bonds is 5. The number of anilines is 2. The van der Waals surface area contributed by atoms with E-state index >= 15 is 0 Å². The minimum atomic E-state index is -0.407. The summed E-state index contributed by atoms with van der Waals surface area (Å²) >= 11 is 0. The molecule has 2 heterocycles. The van der Waals surface area contributed by atoms with E-state index < -0.39 is 5.63 Å². The lowest BCUT2D eigenvalue weighted by molar-refractivity contribution is -0.115. The van der Waals surface area contributed by atoms with Gasteiger partial charge in [-0.2, -0.15) is 0 Å². The van der Waals surface area contributed by atoms with E-state index in [1.54, 1.807) is 30.6 Å². The molecule has 0 fully saturated rings. The average molecular weight is 324 g/mol. The summed E-state index contributed by atoms with van der Waals surface area (Å²) in [7, 11) is 0. The van der Waals surface area contributed by atoms with Crippen LogP contribution in [0.3, 0.4) is 0 Å². The van der Waals surface area contributed by atoms with E-state index in [4.69, 9.17) is 4.42 Å². The molecular weight excluding hydrogens is 308 g/mol. The summed E-state index contributed by atoms with van der Waals surface area (Å²) < 4.78 is 5.17. The number of hydrogen-bond acceptors (Lipinski definition) is 6. The lowest BCUT2D eigenvalue weighted by atomic mass is 10.1. The predicted molar refractivity (Wildman–Crippen MR) is 91.0 cm³/mol. The molecule has 0 saturated heterocycles. The first kappa shape index (κ1) is 15.7. The molecule has 122 valence electrons. The van der Waals surface area contributed by atoms with Gasteiger partial charge in [0.15, 0.2) is 0 Å². The van der Waals surface area contributed by atoms with Crippen LogP contribution in [-0.4, -0.2) is 22.4 Å². The van der Waals surface area contributed by atoms with Crippen LogP contribution in [0.15, 0.2) is 51.9 Å². The van der Waals surface area contributed by atoms with Crippen molar-refractivity contribution >= 4 is 28.5 Å². The normalized spacial score (nSPS) is 10.5. The highest BCUT2D eigenvalue weighted by Crippen LogP contribution is 2.20. The Morgan fingerprint density at radius 1 is 1.21 bits per heavy atom. The fraction of sp³-hybridized carbons (Fsp3) is 0.176. The summed E-state index contributed by atoms with van der Waals surface area (Å²) in [5.41, 5.74) is 1.47. The molecule has 0 radical (unpaired) electrons. The number of aryl methyl sites for hydroxylation is 1. The number of fused-ring (bicyclic) bond motifs is 1. The zero-order valence-electron chi connectivity index (χ0n) is 13.1. The fourth-order valence-corrected chi connectivity index (χ4v) is 2.30. The third-order valence-electron chi connectivity index (χ3n) is 3.44. The number of nitrogens with one attached hydrogen (secondary N) is 2. The van der Waals surface area contributed by atoms with Crippen molar-refractivity contribution < 1.29 is 9.21 Å². The molecule has 0 aliphatic heterocycles. The van der Waals surface area contributed by atoms with Gasteiger partial charge in [0.2, 0.25) is 11.9 Å². The summed E-state index contributed by atoms with van der Waals surface area (Å²) in [6, 6.07) is 8.41. The number of amides is 1. The third kappa shape index (κ3) is 3.75. The van der Waals surface area contributed by atoms with Crippen molar-refractivity contribution in [3.05, 3.63) is 58.7 Å². The highest BCUT2D eigenvalue weighted by atomic mass is 16.4. The van der Waals surface area contributed by atoms with Crippen LogP contribution in [0.1, 0.15) is 12.0 Å². The van der Waals surface area contributed by atoms with Gasteiger partial charge in [-0.3, -0.25) is 4.79 Å². The molecule has 0 bridgehead atoms. The molecule has 7 nitrogen and oxygen atoms in total. The predicted octanol–water partition coefficient (Wildman–Crippen LogP) is 2.33. The molecule has 3 aromatic rings. The summed E-state index contributed by atoms with van der Waals surface area (Å²) in [4.78, 5) is 31.5. The first-order valence-electron chi connectivity index (χ1n) is 7.47. The van der Waals surface area contributed by atoms with Gasteiger partial charge >= 0.3 is 5.63 Å². The first-order chi connectivity index (χ1) is 11.6. The Morgan fingerprint density at radius 3 is 2.79 bits per heavy atom. The fourth-order valence-electron chi connectivity index (χ4n) is 2.30. The Balaban J connectivity index is 1.62. The van der Waals surface area contributed by atoms with Crippen LogP contribution >= 0.6 is 0 Å². The van der Waals surface area contributed by atoms with Crippen LogP contribution in [0, 0.1) is 6.92 Å². The van der Waals surface area contributed by atoms with Gasteiger partial charge in [0.05, 0.1) is 0 Å². The maximum absolute atomic E-state index is 12.0. The second-order valence-corrected chi connectivity index (χ2v) is 5.26. The first-order valence-corrected chi connectivity index (χ1v) is 7.47. The minimum Gasteiger partial charge on any atom is -0.423 e. The van der Waals surface area contributed by atoms with Crippen molar-refractivity contribution in [1.29, 1.82) is 0 Å². The summed E-state index contributed by atoms with van der Waals surface area (Å²) in [5.74, 6) is 0.320. The highest BCUT2D eigenvalue weighted by molar-refractivity contribution is 5.93. The maximum Gasteiger partial charge on any atom is 0.336 e. The molecule has 7 heteroatoms. The number of carbonyl (C=O) groups excluding carboxylic acids is 1. The van der Waals surface area contributed by atoms with Gasteiger partial charge in [-0.15, -0.1) is 0 Å². The second kappa shape index (κ2) is 6.91. The van der Waals surface area contributed by atoms with Gasteiger partial charge in [0, 0.05) is 48.6 Å². The Hall–Kier alpha value is -3.22. The van der Waals surface area contributed by atoms with E-state index in [0.29, 0.717) is 23.8 Å². The van der Waals surface area contributed by atoms with Gasteiger partial charge in [0.25, 0.3) is 0 Å². The van der Waals surface area contributed by atoms with E-state index in [-0.39, 0.29) is 12.3 Å². The summed E-state index contributed by atoms with van der Waals surface area (Å²) in [6.45, 7) is 2.26. The zero-order chi connectivity index (χ0) is 16.9. The Bertz CT molecular complexity index is 922. The van der Waals surface area contributed by atoms with Gasteiger partial charge in [-0.05, 0) is 30.7 Å². The molecule has 2 aromatic heterocycles. The van der Waals surface area contributed by atoms with E-state index in [0.717, 1.165) is 10.9 Å². The number of carbonyl (C=O) groups is 1. The van der Waals surface area contributed by atoms with Crippen molar-refractivity contribution in [1.82, 2.24) is 9.97 Å². The molecule has 0 saturated carbocycles. The van der Waals surface area contributed by atoms with E-state index in [1.807, 2.05) is 13.0 Å². The number of aromatic nitrogens is 2. The standard InChI is InChI=1S/C17H16N4O3/c1-11-9-16(23)24-14-10-12(3-4-13(11)14)21-15(22)5-8-20-17-18-6-2-7-19-17/h2-4,6-7,9-10H,5,8H2,1H3,(H,21,22)(H,18,19,20). The molecule has 3 rings (SSSR count). The Morgan fingerprint density at radius 2 is 2.00 bits per heavy atom. The molecule has 0 unspecified atom stereocenters. The number of benzene rings is 1. The SMILES string of the molecule is Cc1cc(=O)oc2cc(NC(=O)CCNc3ncccn3)ccc12. The lowest BCUT2D eigenvalue weighted by Gasteiger charge is -2.07. The number of nitrogens with zero attached hydrogens (tertiary/aromatic N) is 2.